The van der Waals surface area contributed by atoms with E-state index in [0.29, 0.717) is 13.1 Å². The molecule has 2 N–H and O–H groups in total. The van der Waals surface area contributed by atoms with Crippen LogP contribution in [0.15, 0.2) is 60.7 Å². The summed E-state index contributed by atoms with van der Waals surface area (Å²) >= 11 is 0. The normalized spacial score (nSPS) is 11.0. The van der Waals surface area contributed by atoms with Gasteiger partial charge in [-0.3, -0.25) is 24.2 Å². The van der Waals surface area contributed by atoms with Crippen LogP contribution in [0.4, 0.5) is 0 Å². The highest BCUT2D eigenvalue weighted by atomic mass is 31.1. The first-order valence-electron chi connectivity index (χ1n) is 7.13. The lowest BCUT2D eigenvalue weighted by Crippen LogP contribution is -2.17. The van der Waals surface area contributed by atoms with Gasteiger partial charge in [0.1, 0.15) is 13.5 Å². The van der Waals surface area contributed by atoms with Crippen molar-refractivity contribution >= 4 is 8.25 Å². The highest BCUT2D eigenvalue weighted by Gasteiger charge is 1.99. The minimum absolute atomic E-state index is 0.200. The maximum atomic E-state index is 11.5. The Morgan fingerprint density at radius 3 is 1.55 bits per heavy atom. The molecule has 118 valence electrons. The molecule has 0 atom stereocenters. The topological polar surface area (TPSA) is 59.6 Å². The summed E-state index contributed by atoms with van der Waals surface area (Å²) in [6, 6.07) is 19.9. The Bertz CT molecular complexity index is 502. The minimum Gasteiger partial charge on any atom is -0.295 e. The Labute approximate surface area is 131 Å². The van der Waals surface area contributed by atoms with Crippen LogP contribution in [-0.4, -0.2) is 13.5 Å². The summed E-state index contributed by atoms with van der Waals surface area (Å²) in [4.78, 5) is 0. The van der Waals surface area contributed by atoms with Crippen molar-refractivity contribution in [3.63, 3.8) is 0 Å². The van der Waals surface area contributed by atoms with E-state index in [9.17, 15) is 4.57 Å². The maximum Gasteiger partial charge on any atom is 0.321 e. The molecule has 0 bridgehead atoms. The number of hydrogen-bond donors (Lipinski definition) is 2. The summed E-state index contributed by atoms with van der Waals surface area (Å²) in [5.74, 6) is 0. The number of benzene rings is 2. The third kappa shape index (κ3) is 6.98. The standard InChI is InChI=1S/C16H21N2O3P/c19-22(20-13-17-11-15-7-3-1-4-8-15)21-14-18-12-16-9-5-2-6-10-16/h1-10,17-18,22H,11-14H2. The minimum atomic E-state index is -2.47. The fraction of sp³-hybridized carbons (Fsp3) is 0.250. The van der Waals surface area contributed by atoms with E-state index in [-0.39, 0.29) is 13.5 Å². The van der Waals surface area contributed by atoms with Crippen LogP contribution in [0.1, 0.15) is 11.1 Å². The predicted octanol–water partition coefficient (Wildman–Crippen LogP) is 2.90. The smallest absolute Gasteiger partial charge is 0.295 e. The van der Waals surface area contributed by atoms with Crippen LogP contribution in [0.3, 0.4) is 0 Å². The molecule has 2 aromatic rings. The summed E-state index contributed by atoms with van der Waals surface area (Å²) in [6.45, 7) is 1.74. The Hall–Kier alpha value is -1.49. The molecule has 0 aliphatic carbocycles. The molecule has 0 spiro atoms. The first-order chi connectivity index (χ1) is 10.8. The van der Waals surface area contributed by atoms with E-state index in [1.54, 1.807) is 0 Å². The lowest BCUT2D eigenvalue weighted by molar-refractivity contribution is 0.200. The van der Waals surface area contributed by atoms with Gasteiger partial charge in [-0.05, 0) is 11.1 Å². The van der Waals surface area contributed by atoms with E-state index in [2.05, 4.69) is 10.6 Å². The molecule has 0 heterocycles. The van der Waals surface area contributed by atoms with Gasteiger partial charge >= 0.3 is 8.25 Å². The van der Waals surface area contributed by atoms with Crippen LogP contribution in [0.2, 0.25) is 0 Å². The molecule has 0 aliphatic heterocycles. The summed E-state index contributed by atoms with van der Waals surface area (Å²) in [7, 11) is -2.47. The van der Waals surface area contributed by atoms with Gasteiger partial charge in [0.25, 0.3) is 0 Å². The van der Waals surface area contributed by atoms with Crippen LogP contribution >= 0.6 is 8.25 Å². The van der Waals surface area contributed by atoms with Gasteiger partial charge in [0, 0.05) is 13.1 Å². The fourth-order valence-corrected chi connectivity index (χ4v) is 2.37. The third-order valence-corrected chi connectivity index (χ3v) is 3.69. The molecule has 0 radical (unpaired) electrons. The molecule has 22 heavy (non-hydrogen) atoms. The van der Waals surface area contributed by atoms with Crippen molar-refractivity contribution in [1.29, 1.82) is 0 Å². The lowest BCUT2D eigenvalue weighted by atomic mass is 10.2. The average molecular weight is 320 g/mol. The molecule has 2 rings (SSSR count). The molecular weight excluding hydrogens is 299 g/mol. The Morgan fingerprint density at radius 2 is 1.14 bits per heavy atom. The molecular formula is C16H21N2O3P. The number of nitrogens with one attached hydrogen (secondary N) is 2. The number of hydrogen-bond acceptors (Lipinski definition) is 5. The largest absolute Gasteiger partial charge is 0.321 e. The van der Waals surface area contributed by atoms with Crippen LogP contribution in [-0.2, 0) is 26.7 Å². The van der Waals surface area contributed by atoms with E-state index < -0.39 is 8.25 Å². The van der Waals surface area contributed by atoms with Gasteiger partial charge in [0.2, 0.25) is 0 Å². The van der Waals surface area contributed by atoms with E-state index in [4.69, 9.17) is 9.05 Å². The molecule has 0 saturated carbocycles. The van der Waals surface area contributed by atoms with Crippen molar-refractivity contribution in [2.45, 2.75) is 13.1 Å². The molecule has 0 aliphatic rings. The number of rotatable bonds is 10. The summed E-state index contributed by atoms with van der Waals surface area (Å²) < 4.78 is 21.7. The zero-order valence-electron chi connectivity index (χ0n) is 12.3. The van der Waals surface area contributed by atoms with Crippen LogP contribution in [0.5, 0.6) is 0 Å². The van der Waals surface area contributed by atoms with Crippen LogP contribution < -0.4 is 10.6 Å². The monoisotopic (exact) mass is 320 g/mol. The molecule has 0 fully saturated rings. The second-order valence-electron chi connectivity index (χ2n) is 4.65. The second kappa shape index (κ2) is 10.3. The highest BCUT2D eigenvalue weighted by Crippen LogP contribution is 2.21. The fourth-order valence-electron chi connectivity index (χ4n) is 1.84. The van der Waals surface area contributed by atoms with Crippen LogP contribution in [0.25, 0.3) is 0 Å². The van der Waals surface area contributed by atoms with E-state index in [1.165, 1.54) is 0 Å². The van der Waals surface area contributed by atoms with Crippen LogP contribution in [0, 0.1) is 0 Å². The quantitative estimate of drug-likeness (QED) is 0.400. The van der Waals surface area contributed by atoms with E-state index in [1.807, 2.05) is 60.7 Å². The van der Waals surface area contributed by atoms with Crippen molar-refractivity contribution < 1.29 is 13.6 Å². The van der Waals surface area contributed by atoms with Gasteiger partial charge < -0.3 is 0 Å². The van der Waals surface area contributed by atoms with E-state index in [0.717, 1.165) is 11.1 Å². The average Bonchev–Trinajstić information content (AvgIpc) is 2.57. The van der Waals surface area contributed by atoms with Crippen molar-refractivity contribution in [2.75, 3.05) is 13.5 Å². The zero-order chi connectivity index (χ0) is 15.5. The Morgan fingerprint density at radius 1 is 0.727 bits per heavy atom. The van der Waals surface area contributed by atoms with Crippen molar-refractivity contribution in [1.82, 2.24) is 10.6 Å². The first-order valence-corrected chi connectivity index (χ1v) is 8.36. The second-order valence-corrected chi connectivity index (χ2v) is 5.73. The molecule has 5 nitrogen and oxygen atoms in total. The maximum absolute atomic E-state index is 11.5. The van der Waals surface area contributed by atoms with Gasteiger partial charge in [-0.15, -0.1) is 0 Å². The highest BCUT2D eigenvalue weighted by molar-refractivity contribution is 7.33. The molecule has 6 heteroatoms. The molecule has 0 unspecified atom stereocenters. The van der Waals surface area contributed by atoms with Gasteiger partial charge in [-0.2, -0.15) is 0 Å². The SMILES string of the molecule is O=[PH](OCNCc1ccccc1)OCNCc1ccccc1. The van der Waals surface area contributed by atoms with Gasteiger partial charge in [-0.1, -0.05) is 60.7 Å². The lowest BCUT2D eigenvalue weighted by Gasteiger charge is -2.08. The van der Waals surface area contributed by atoms with Gasteiger partial charge in [-0.25, -0.2) is 0 Å². The third-order valence-electron chi connectivity index (χ3n) is 2.93. The summed E-state index contributed by atoms with van der Waals surface area (Å²) in [5, 5.41) is 6.10. The van der Waals surface area contributed by atoms with Gasteiger partial charge in [0.05, 0.1) is 0 Å². The molecule has 0 saturated heterocycles. The van der Waals surface area contributed by atoms with Gasteiger partial charge in [0.15, 0.2) is 0 Å². The predicted molar refractivity (Wildman–Crippen MR) is 87.5 cm³/mol. The van der Waals surface area contributed by atoms with Crippen molar-refractivity contribution in [3.8, 4) is 0 Å². The zero-order valence-corrected chi connectivity index (χ0v) is 13.3. The summed E-state index contributed by atoms with van der Waals surface area (Å²) in [6.07, 6.45) is 0. The molecule has 0 aromatic heterocycles. The Balaban J connectivity index is 1.49. The van der Waals surface area contributed by atoms with E-state index >= 15 is 0 Å². The summed E-state index contributed by atoms with van der Waals surface area (Å²) in [5.41, 5.74) is 2.30. The van der Waals surface area contributed by atoms with Crippen molar-refractivity contribution in [2.24, 2.45) is 0 Å². The first kappa shape index (κ1) is 16.9. The Kier molecular flexibility index (Phi) is 7.88. The van der Waals surface area contributed by atoms with Crippen molar-refractivity contribution in [3.05, 3.63) is 71.8 Å². The molecule has 0 amide bonds. The molecule has 2 aromatic carbocycles.